The van der Waals surface area contributed by atoms with Gasteiger partial charge in [-0.15, -0.1) is 0 Å². The molecule has 1 N–H and O–H groups in total. The molecule has 0 radical (unpaired) electrons. The molecule has 1 fully saturated rings. The van der Waals surface area contributed by atoms with E-state index in [1.54, 1.807) is 0 Å². The second-order valence-corrected chi connectivity index (χ2v) is 4.57. The summed E-state index contributed by atoms with van der Waals surface area (Å²) in [5.41, 5.74) is 2.08. The third-order valence-electron chi connectivity index (χ3n) is 3.34. The number of hydrogen-bond acceptors (Lipinski definition) is 4. The largest absolute Gasteiger partial charge is 0.469 e. The molecule has 5 nitrogen and oxygen atoms in total. The number of carbonyl (C=O) groups excluding carboxylic acids is 2. The lowest BCUT2D eigenvalue weighted by atomic mass is 10.1. The number of piperazine rings is 1. The van der Waals surface area contributed by atoms with Gasteiger partial charge in [0, 0.05) is 18.8 Å². The quantitative estimate of drug-likeness (QED) is 0.821. The van der Waals surface area contributed by atoms with Gasteiger partial charge in [0.2, 0.25) is 5.91 Å². The number of ether oxygens (including phenoxy) is 1. The van der Waals surface area contributed by atoms with E-state index in [0.29, 0.717) is 13.1 Å². The van der Waals surface area contributed by atoms with Gasteiger partial charge in [0.25, 0.3) is 0 Å². The Bertz CT molecular complexity index is 487. The molecule has 1 aliphatic rings. The van der Waals surface area contributed by atoms with E-state index in [2.05, 4.69) is 10.1 Å². The molecular weight excluding hydrogens is 244 g/mol. The minimum Gasteiger partial charge on any atom is -0.469 e. The number of anilines is 1. The van der Waals surface area contributed by atoms with Gasteiger partial charge in [0.05, 0.1) is 13.5 Å². The lowest BCUT2D eigenvalue weighted by Gasteiger charge is -2.37. The summed E-state index contributed by atoms with van der Waals surface area (Å²) >= 11 is 0. The topological polar surface area (TPSA) is 58.6 Å². The number of para-hydroxylation sites is 1. The van der Waals surface area contributed by atoms with Crippen molar-refractivity contribution in [2.75, 3.05) is 25.1 Å². The van der Waals surface area contributed by atoms with Crippen LogP contribution in [0.4, 0.5) is 5.69 Å². The fraction of sp³-hybridized carbons (Fsp3) is 0.429. The Morgan fingerprint density at radius 3 is 2.89 bits per heavy atom. The summed E-state index contributed by atoms with van der Waals surface area (Å²) in [5.74, 6) is -0.500. The maximum Gasteiger partial charge on any atom is 0.308 e. The molecule has 5 heteroatoms. The Hall–Kier alpha value is -2.04. The number of hydrogen-bond donors (Lipinski definition) is 1. The molecule has 1 aromatic rings. The number of nitrogens with zero attached hydrogens (tertiary/aromatic N) is 1. The summed E-state index contributed by atoms with van der Waals surface area (Å²) in [5, 5.41) is 2.79. The maximum atomic E-state index is 12.0. The standard InChI is InChI=1S/C14H18N2O3/c1-10-5-3-4-6-11(10)16-8-7-15-14(18)12(16)9-13(17)19-2/h3-6,12H,7-9H2,1-2H3,(H,15,18). The van der Waals surface area contributed by atoms with E-state index in [1.807, 2.05) is 36.1 Å². The highest BCUT2D eigenvalue weighted by Gasteiger charge is 2.32. The summed E-state index contributed by atoms with van der Waals surface area (Å²) < 4.78 is 4.67. The summed E-state index contributed by atoms with van der Waals surface area (Å²) in [6.45, 7) is 3.28. The number of aryl methyl sites for hydroxylation is 1. The molecule has 102 valence electrons. The third-order valence-corrected chi connectivity index (χ3v) is 3.34. The van der Waals surface area contributed by atoms with Crippen LogP contribution in [0.3, 0.4) is 0 Å². The van der Waals surface area contributed by atoms with Crippen LogP contribution < -0.4 is 10.2 Å². The Labute approximate surface area is 112 Å². The van der Waals surface area contributed by atoms with Crippen molar-refractivity contribution in [1.82, 2.24) is 5.32 Å². The zero-order valence-corrected chi connectivity index (χ0v) is 11.2. The number of carbonyl (C=O) groups is 2. The zero-order valence-electron chi connectivity index (χ0n) is 11.2. The summed E-state index contributed by atoms with van der Waals surface area (Å²) in [7, 11) is 1.33. The first-order valence-electron chi connectivity index (χ1n) is 6.30. The van der Waals surface area contributed by atoms with Crippen LogP contribution in [0.15, 0.2) is 24.3 Å². The van der Waals surface area contributed by atoms with E-state index in [4.69, 9.17) is 0 Å². The molecule has 1 unspecified atom stereocenters. The minimum atomic E-state index is -0.498. The average Bonchev–Trinajstić information content (AvgIpc) is 2.41. The SMILES string of the molecule is COC(=O)CC1C(=O)NCCN1c1ccccc1C. The van der Waals surface area contributed by atoms with E-state index in [0.717, 1.165) is 11.3 Å². The van der Waals surface area contributed by atoms with Crippen molar-refractivity contribution in [2.45, 2.75) is 19.4 Å². The predicted molar refractivity (Wildman–Crippen MR) is 72.0 cm³/mol. The molecule has 1 aliphatic heterocycles. The van der Waals surface area contributed by atoms with Gasteiger partial charge in [-0.2, -0.15) is 0 Å². The molecule has 1 heterocycles. The van der Waals surface area contributed by atoms with Crippen molar-refractivity contribution in [3.05, 3.63) is 29.8 Å². The van der Waals surface area contributed by atoms with Crippen molar-refractivity contribution >= 4 is 17.6 Å². The van der Waals surface area contributed by atoms with E-state index in [-0.39, 0.29) is 18.3 Å². The van der Waals surface area contributed by atoms with Gasteiger partial charge < -0.3 is 15.0 Å². The van der Waals surface area contributed by atoms with Crippen molar-refractivity contribution in [1.29, 1.82) is 0 Å². The van der Waals surface area contributed by atoms with Gasteiger partial charge in [0.1, 0.15) is 6.04 Å². The van der Waals surface area contributed by atoms with Crippen LogP contribution in [0.2, 0.25) is 0 Å². The Morgan fingerprint density at radius 2 is 2.21 bits per heavy atom. The minimum absolute atomic E-state index is 0.0661. The number of methoxy groups -OCH3 is 1. The van der Waals surface area contributed by atoms with Crippen LogP contribution in [0, 0.1) is 6.92 Å². The Morgan fingerprint density at radius 1 is 1.47 bits per heavy atom. The number of benzene rings is 1. The van der Waals surface area contributed by atoms with E-state index >= 15 is 0 Å². The average molecular weight is 262 g/mol. The van der Waals surface area contributed by atoms with Crippen LogP contribution >= 0.6 is 0 Å². The van der Waals surface area contributed by atoms with Gasteiger partial charge in [-0.05, 0) is 18.6 Å². The number of amides is 1. The highest BCUT2D eigenvalue weighted by molar-refractivity contribution is 5.90. The first-order chi connectivity index (χ1) is 9.13. The molecule has 2 rings (SSSR count). The molecule has 0 spiro atoms. The first-order valence-corrected chi connectivity index (χ1v) is 6.30. The summed E-state index contributed by atoms with van der Waals surface area (Å²) in [4.78, 5) is 25.4. The number of rotatable bonds is 3. The smallest absolute Gasteiger partial charge is 0.308 e. The van der Waals surface area contributed by atoms with Crippen LogP contribution in [0.25, 0.3) is 0 Å². The first kappa shape index (κ1) is 13.4. The van der Waals surface area contributed by atoms with Crippen molar-refractivity contribution in [3.8, 4) is 0 Å². The van der Waals surface area contributed by atoms with Crippen molar-refractivity contribution in [2.24, 2.45) is 0 Å². The van der Waals surface area contributed by atoms with Gasteiger partial charge in [-0.3, -0.25) is 9.59 Å². The number of esters is 1. The summed E-state index contributed by atoms with van der Waals surface area (Å²) in [6.07, 6.45) is 0.0661. The molecule has 0 saturated carbocycles. The third kappa shape index (κ3) is 2.86. The van der Waals surface area contributed by atoms with Gasteiger partial charge in [-0.1, -0.05) is 18.2 Å². The van der Waals surface area contributed by atoms with Gasteiger partial charge in [-0.25, -0.2) is 0 Å². The van der Waals surface area contributed by atoms with Gasteiger partial charge in [0.15, 0.2) is 0 Å². The molecule has 0 aromatic heterocycles. The number of nitrogens with one attached hydrogen (secondary N) is 1. The second kappa shape index (κ2) is 5.73. The molecular formula is C14H18N2O3. The molecule has 0 aliphatic carbocycles. The molecule has 0 bridgehead atoms. The molecule has 1 saturated heterocycles. The maximum absolute atomic E-state index is 12.0. The highest BCUT2D eigenvalue weighted by atomic mass is 16.5. The van der Waals surface area contributed by atoms with Gasteiger partial charge >= 0.3 is 5.97 Å². The summed E-state index contributed by atoms with van der Waals surface area (Å²) in [6, 6.07) is 7.36. The fourth-order valence-corrected chi connectivity index (χ4v) is 2.33. The normalized spacial score (nSPS) is 18.9. The van der Waals surface area contributed by atoms with E-state index in [1.165, 1.54) is 7.11 Å². The van der Waals surface area contributed by atoms with E-state index in [9.17, 15) is 9.59 Å². The Kier molecular flexibility index (Phi) is 4.04. The second-order valence-electron chi connectivity index (χ2n) is 4.57. The molecule has 1 amide bonds. The van der Waals surface area contributed by atoms with Crippen LogP contribution in [0.1, 0.15) is 12.0 Å². The highest BCUT2D eigenvalue weighted by Crippen LogP contribution is 2.24. The van der Waals surface area contributed by atoms with Crippen LogP contribution in [-0.2, 0) is 14.3 Å². The van der Waals surface area contributed by atoms with Crippen molar-refractivity contribution < 1.29 is 14.3 Å². The van der Waals surface area contributed by atoms with Crippen LogP contribution in [0.5, 0.6) is 0 Å². The fourth-order valence-electron chi connectivity index (χ4n) is 2.33. The molecule has 1 atom stereocenters. The van der Waals surface area contributed by atoms with Crippen LogP contribution in [-0.4, -0.2) is 38.1 Å². The lowest BCUT2D eigenvalue weighted by molar-refractivity contribution is -0.143. The molecule has 1 aromatic carbocycles. The molecule has 19 heavy (non-hydrogen) atoms. The van der Waals surface area contributed by atoms with Crippen molar-refractivity contribution in [3.63, 3.8) is 0 Å². The van der Waals surface area contributed by atoms with E-state index < -0.39 is 6.04 Å². The predicted octanol–water partition coefficient (Wildman–Crippen LogP) is 0.863. The Balaban J connectivity index is 2.27. The zero-order chi connectivity index (χ0) is 13.8. The lowest BCUT2D eigenvalue weighted by Crippen LogP contribution is -2.56. The monoisotopic (exact) mass is 262 g/mol.